The highest BCUT2D eigenvalue weighted by molar-refractivity contribution is 5.08. The molecule has 2 bridgehead atoms. The molecule has 21 heavy (non-hydrogen) atoms. The molecular formula is C16H26O5. The minimum atomic E-state index is -0.698. The van der Waals surface area contributed by atoms with E-state index in [2.05, 4.69) is 13.8 Å². The molecule has 1 saturated carbocycles. The summed E-state index contributed by atoms with van der Waals surface area (Å²) in [5.74, 6) is 0.953. The first-order valence-corrected chi connectivity index (χ1v) is 8.23. The second kappa shape index (κ2) is 4.65. The average Bonchev–Trinajstić information content (AvgIpc) is 2.69. The van der Waals surface area contributed by atoms with Crippen LogP contribution < -0.4 is 0 Å². The molecule has 0 amide bonds. The van der Waals surface area contributed by atoms with E-state index in [1.54, 1.807) is 7.11 Å². The van der Waals surface area contributed by atoms with Crippen molar-refractivity contribution in [3.05, 3.63) is 0 Å². The molecule has 0 unspecified atom stereocenters. The summed E-state index contributed by atoms with van der Waals surface area (Å²) in [5.41, 5.74) is -0.470. The van der Waals surface area contributed by atoms with Crippen LogP contribution in [-0.2, 0) is 24.0 Å². The van der Waals surface area contributed by atoms with Gasteiger partial charge < -0.3 is 14.2 Å². The maximum Gasteiger partial charge on any atom is 0.201 e. The van der Waals surface area contributed by atoms with Gasteiger partial charge in [0.25, 0.3) is 0 Å². The lowest BCUT2D eigenvalue weighted by atomic mass is 9.58. The van der Waals surface area contributed by atoms with Crippen molar-refractivity contribution in [2.45, 2.75) is 70.4 Å². The molecule has 0 radical (unpaired) electrons. The first-order chi connectivity index (χ1) is 10.00. The monoisotopic (exact) mass is 298 g/mol. The van der Waals surface area contributed by atoms with Crippen LogP contribution in [-0.4, -0.2) is 31.1 Å². The van der Waals surface area contributed by atoms with E-state index in [0.29, 0.717) is 17.8 Å². The topological polar surface area (TPSA) is 46.2 Å². The lowest BCUT2D eigenvalue weighted by Gasteiger charge is -2.60. The van der Waals surface area contributed by atoms with Gasteiger partial charge in [-0.1, -0.05) is 13.8 Å². The summed E-state index contributed by atoms with van der Waals surface area (Å²) < 4.78 is 17.9. The Kier molecular flexibility index (Phi) is 3.19. The van der Waals surface area contributed by atoms with Crippen LogP contribution in [0.4, 0.5) is 0 Å². The molecule has 0 aromatic carbocycles. The van der Waals surface area contributed by atoms with Gasteiger partial charge in [0, 0.05) is 25.4 Å². The molecule has 4 aliphatic heterocycles. The van der Waals surface area contributed by atoms with Crippen LogP contribution >= 0.6 is 0 Å². The molecule has 0 N–H and O–H groups in total. The van der Waals surface area contributed by atoms with E-state index in [4.69, 9.17) is 24.0 Å². The maximum atomic E-state index is 6.21. The van der Waals surface area contributed by atoms with Gasteiger partial charge in [-0.15, -0.1) is 0 Å². The van der Waals surface area contributed by atoms with E-state index in [0.717, 1.165) is 19.3 Å². The zero-order valence-electron chi connectivity index (χ0n) is 13.3. The third kappa shape index (κ3) is 1.81. The number of hydrogen-bond donors (Lipinski definition) is 0. The Balaban J connectivity index is 1.79. The number of hydrogen-bond acceptors (Lipinski definition) is 5. The molecule has 8 atom stereocenters. The van der Waals surface area contributed by atoms with Crippen molar-refractivity contribution in [1.29, 1.82) is 0 Å². The van der Waals surface area contributed by atoms with E-state index in [9.17, 15) is 0 Å². The highest BCUT2D eigenvalue weighted by Crippen LogP contribution is 2.60. The van der Waals surface area contributed by atoms with Crippen molar-refractivity contribution in [3.8, 4) is 0 Å². The predicted molar refractivity (Wildman–Crippen MR) is 73.8 cm³/mol. The van der Waals surface area contributed by atoms with Gasteiger partial charge in [0.15, 0.2) is 18.2 Å². The van der Waals surface area contributed by atoms with Gasteiger partial charge in [-0.05, 0) is 38.0 Å². The Bertz CT molecular complexity index is 429. The van der Waals surface area contributed by atoms with E-state index < -0.39 is 17.7 Å². The minimum Gasteiger partial charge on any atom is -0.355 e. The van der Waals surface area contributed by atoms with Crippen LogP contribution in [0.1, 0.15) is 46.5 Å². The molecular weight excluding hydrogens is 272 g/mol. The molecule has 4 saturated heterocycles. The van der Waals surface area contributed by atoms with Gasteiger partial charge in [0.05, 0.1) is 0 Å². The standard InChI is InChI=1S/C16H26O5/c1-9-5-6-12-10(2)13(17-4)18-14-16(12)11(9)7-8-15(3,19-14)20-21-16/h9-14H,5-8H2,1-4H3/t9-,10+,11-,12+,13-,14-,15-,16-/m1/s1. The van der Waals surface area contributed by atoms with Crippen molar-refractivity contribution >= 4 is 0 Å². The summed E-state index contributed by atoms with van der Waals surface area (Å²) >= 11 is 0. The molecule has 4 heterocycles. The molecule has 5 nitrogen and oxygen atoms in total. The SMILES string of the molecule is CO[C@@H]1O[C@@H]2O[C@@]3(C)CC[C@@H]4[C@H](C)CC[C@@H]([C@@H]1C)[C@@]24OO3. The predicted octanol–water partition coefficient (Wildman–Crippen LogP) is 2.84. The molecule has 5 heteroatoms. The fraction of sp³-hybridized carbons (Fsp3) is 1.00. The smallest absolute Gasteiger partial charge is 0.201 e. The maximum absolute atomic E-state index is 6.21. The summed E-state index contributed by atoms with van der Waals surface area (Å²) in [6.07, 6.45) is 3.64. The van der Waals surface area contributed by atoms with Crippen LogP contribution in [0.15, 0.2) is 0 Å². The first kappa shape index (κ1) is 14.4. The van der Waals surface area contributed by atoms with Crippen molar-refractivity contribution < 1.29 is 24.0 Å². The summed E-state index contributed by atoms with van der Waals surface area (Å²) in [5, 5.41) is 0. The molecule has 5 rings (SSSR count). The number of ether oxygens (including phenoxy) is 3. The largest absolute Gasteiger partial charge is 0.355 e. The van der Waals surface area contributed by atoms with E-state index in [-0.39, 0.29) is 12.2 Å². The van der Waals surface area contributed by atoms with Gasteiger partial charge in [-0.3, -0.25) is 0 Å². The quantitative estimate of drug-likeness (QED) is 0.697. The summed E-state index contributed by atoms with van der Waals surface area (Å²) in [6, 6.07) is 0. The zero-order chi connectivity index (χ0) is 14.8. The highest BCUT2D eigenvalue weighted by Gasteiger charge is 2.69. The normalized spacial score (nSPS) is 59.4. The first-order valence-electron chi connectivity index (χ1n) is 8.23. The van der Waals surface area contributed by atoms with Crippen molar-refractivity contribution in [2.75, 3.05) is 7.11 Å². The number of fused-ring (bicyclic) bond motifs is 2. The van der Waals surface area contributed by atoms with E-state index in [1.807, 2.05) is 6.92 Å². The highest BCUT2D eigenvalue weighted by atomic mass is 17.3. The Morgan fingerprint density at radius 2 is 1.86 bits per heavy atom. The average molecular weight is 298 g/mol. The summed E-state index contributed by atoms with van der Waals surface area (Å²) in [4.78, 5) is 11.8. The zero-order valence-corrected chi connectivity index (χ0v) is 13.3. The Labute approximate surface area is 126 Å². The lowest BCUT2D eigenvalue weighted by molar-refractivity contribution is -0.577. The van der Waals surface area contributed by atoms with Crippen LogP contribution in [0.25, 0.3) is 0 Å². The van der Waals surface area contributed by atoms with Gasteiger partial charge >= 0.3 is 0 Å². The Morgan fingerprint density at radius 3 is 2.62 bits per heavy atom. The molecule has 5 aliphatic rings. The third-order valence-corrected chi connectivity index (χ3v) is 6.33. The molecule has 0 aromatic heterocycles. The van der Waals surface area contributed by atoms with Crippen LogP contribution in [0, 0.1) is 23.7 Å². The van der Waals surface area contributed by atoms with Crippen molar-refractivity contribution in [2.24, 2.45) is 23.7 Å². The van der Waals surface area contributed by atoms with Gasteiger partial charge in [-0.25, -0.2) is 9.78 Å². The Hall–Kier alpha value is -0.200. The number of methoxy groups -OCH3 is 1. The van der Waals surface area contributed by atoms with E-state index in [1.165, 1.54) is 6.42 Å². The van der Waals surface area contributed by atoms with Crippen LogP contribution in [0.5, 0.6) is 0 Å². The molecule has 0 aromatic rings. The van der Waals surface area contributed by atoms with Crippen LogP contribution in [0.3, 0.4) is 0 Å². The fourth-order valence-corrected chi connectivity index (χ4v) is 5.14. The van der Waals surface area contributed by atoms with Gasteiger partial charge in [-0.2, -0.15) is 0 Å². The second-order valence-corrected chi connectivity index (χ2v) is 7.51. The molecule has 1 spiro atoms. The van der Waals surface area contributed by atoms with Gasteiger partial charge in [0.2, 0.25) is 5.79 Å². The summed E-state index contributed by atoms with van der Waals surface area (Å²) in [6.45, 7) is 6.46. The summed E-state index contributed by atoms with van der Waals surface area (Å²) in [7, 11) is 1.70. The number of rotatable bonds is 1. The Morgan fingerprint density at radius 1 is 1.05 bits per heavy atom. The van der Waals surface area contributed by atoms with Crippen LogP contribution in [0.2, 0.25) is 0 Å². The van der Waals surface area contributed by atoms with Crippen molar-refractivity contribution in [3.63, 3.8) is 0 Å². The van der Waals surface area contributed by atoms with Gasteiger partial charge in [0.1, 0.15) is 0 Å². The third-order valence-electron chi connectivity index (χ3n) is 6.33. The minimum absolute atomic E-state index is 0.230. The fourth-order valence-electron chi connectivity index (χ4n) is 5.14. The lowest BCUT2D eigenvalue weighted by Crippen LogP contribution is -2.70. The van der Waals surface area contributed by atoms with Crippen molar-refractivity contribution in [1.82, 2.24) is 0 Å². The molecule has 5 fully saturated rings. The van der Waals surface area contributed by atoms with E-state index >= 15 is 0 Å². The molecule has 1 aliphatic carbocycles. The second-order valence-electron chi connectivity index (χ2n) is 7.51. The molecule has 120 valence electrons.